The van der Waals surface area contributed by atoms with Gasteiger partial charge in [0.15, 0.2) is 0 Å². The van der Waals surface area contributed by atoms with Crippen LogP contribution in [0.1, 0.15) is 74.9 Å². The summed E-state index contributed by atoms with van der Waals surface area (Å²) in [7, 11) is 0. The molecule has 0 saturated carbocycles. The Morgan fingerprint density at radius 3 is 1.14 bits per heavy atom. The van der Waals surface area contributed by atoms with Gasteiger partial charge in [0.25, 0.3) is 0 Å². The molecule has 7 aromatic rings. The Bertz CT molecular complexity index is 2020. The Hall–Kier alpha value is -4.13. The fourth-order valence-electron chi connectivity index (χ4n) is 6.38. The molecule has 7 rings (SSSR count). The molecule has 0 fully saturated rings. The summed E-state index contributed by atoms with van der Waals surface area (Å²) in [6, 6.07) is 45.9. The van der Waals surface area contributed by atoms with Gasteiger partial charge in [0.2, 0.25) is 0 Å². The van der Waals surface area contributed by atoms with Gasteiger partial charge in [-0.15, -0.1) is 69.1 Å². The third-order valence-corrected chi connectivity index (χ3v) is 9.35. The Balaban J connectivity index is 0.000000179. The molecule has 1 N–H and O–H groups in total. The minimum absolute atomic E-state index is 0.210. The summed E-state index contributed by atoms with van der Waals surface area (Å²) < 4.78 is 3.34. The second kappa shape index (κ2) is 16.9. The summed E-state index contributed by atoms with van der Waals surface area (Å²) in [6.45, 7) is 21.6. The number of benzene rings is 5. The van der Waals surface area contributed by atoms with E-state index in [0.29, 0.717) is 5.75 Å². The average Bonchev–Trinajstić information content (AvgIpc) is 3.68. The second-order valence-corrected chi connectivity index (χ2v) is 15.6. The van der Waals surface area contributed by atoms with Gasteiger partial charge in [-0.2, -0.15) is 12.1 Å². The SMILES string of the molecule is Cc1cc2c(-c3ccc(C(C)(C)C)cc3)cccc2[cH-]1.Cc1cc2c(-c3ccc(C(C)(C)C)cc3)cccc2[cH-]1.Cc1cccc(C)c1O.[CH2]=[Zr+2]. The van der Waals surface area contributed by atoms with Crippen molar-refractivity contribution < 1.29 is 29.3 Å². The predicted molar refractivity (Wildman–Crippen MR) is 222 cm³/mol. The van der Waals surface area contributed by atoms with Crippen LogP contribution in [0, 0.1) is 27.7 Å². The van der Waals surface area contributed by atoms with E-state index in [1.165, 1.54) is 90.3 Å². The van der Waals surface area contributed by atoms with Gasteiger partial charge < -0.3 is 5.11 Å². The molecule has 0 atom stereocenters. The van der Waals surface area contributed by atoms with Crippen molar-refractivity contribution in [3.05, 3.63) is 161 Å². The first-order valence-corrected chi connectivity index (χ1v) is 19.5. The van der Waals surface area contributed by atoms with Crippen LogP contribution in [0.3, 0.4) is 0 Å². The van der Waals surface area contributed by atoms with E-state index in [1.807, 2.05) is 32.0 Å². The van der Waals surface area contributed by atoms with Crippen LogP contribution in [0.5, 0.6) is 5.75 Å². The van der Waals surface area contributed by atoms with E-state index in [-0.39, 0.29) is 10.8 Å². The third kappa shape index (κ3) is 10.0. The fraction of sp³-hybridized carbons (Fsp3) is 0.245. The summed E-state index contributed by atoms with van der Waals surface area (Å²) in [6.07, 6.45) is 0. The summed E-state index contributed by atoms with van der Waals surface area (Å²) in [4.78, 5) is 0. The molecule has 0 amide bonds. The number of aryl methyl sites for hydroxylation is 4. The Morgan fingerprint density at radius 2 is 0.824 bits per heavy atom. The molecule has 0 aliphatic carbocycles. The van der Waals surface area contributed by atoms with E-state index >= 15 is 0 Å². The van der Waals surface area contributed by atoms with Crippen LogP contribution in [0.15, 0.2) is 127 Å². The molecule has 260 valence electrons. The molecule has 0 saturated heterocycles. The van der Waals surface area contributed by atoms with Crippen LogP contribution in [0.25, 0.3) is 43.8 Å². The molecule has 2 heteroatoms. The van der Waals surface area contributed by atoms with Gasteiger partial charge in [-0.25, -0.2) is 0 Å². The van der Waals surface area contributed by atoms with Gasteiger partial charge >= 0.3 is 28.4 Å². The Labute approximate surface area is 322 Å². The summed E-state index contributed by atoms with van der Waals surface area (Å²) >= 11 is 1.30. The molecule has 0 aliphatic rings. The van der Waals surface area contributed by atoms with Crippen molar-refractivity contribution in [2.24, 2.45) is 0 Å². The van der Waals surface area contributed by atoms with Crippen LogP contribution >= 0.6 is 0 Å². The Kier molecular flexibility index (Phi) is 13.2. The molecule has 0 unspecified atom stereocenters. The van der Waals surface area contributed by atoms with E-state index in [2.05, 4.69) is 169 Å². The van der Waals surface area contributed by atoms with Crippen LogP contribution in [0.4, 0.5) is 0 Å². The predicted octanol–water partition coefficient (Wildman–Crippen LogP) is 13.6. The minimum atomic E-state index is 0.210. The number of hydrogen-bond donors (Lipinski definition) is 1. The van der Waals surface area contributed by atoms with Crippen molar-refractivity contribution in [3.63, 3.8) is 0 Å². The summed E-state index contributed by atoms with van der Waals surface area (Å²) in [5.74, 6) is 0.414. The molecule has 0 bridgehead atoms. The summed E-state index contributed by atoms with van der Waals surface area (Å²) in [5, 5.41) is 14.6. The first-order chi connectivity index (χ1) is 24.1. The first-order valence-electron chi connectivity index (χ1n) is 17.8. The summed E-state index contributed by atoms with van der Waals surface area (Å²) in [5.41, 5.74) is 13.0. The fourth-order valence-corrected chi connectivity index (χ4v) is 6.38. The van der Waals surface area contributed by atoms with Gasteiger partial charge in [-0.1, -0.05) is 145 Å². The molecule has 0 radical (unpaired) electrons. The normalized spacial score (nSPS) is 11.2. The number of rotatable bonds is 2. The monoisotopic (exact) mass is 748 g/mol. The first kappa shape index (κ1) is 39.7. The van der Waals surface area contributed by atoms with Crippen LogP contribution < -0.4 is 0 Å². The molecule has 1 nitrogen and oxygen atoms in total. The zero-order valence-electron chi connectivity index (χ0n) is 32.3. The molecular formula is C49H54OZr. The molecular weight excluding hydrogens is 696 g/mol. The van der Waals surface area contributed by atoms with E-state index in [0.717, 1.165) is 11.1 Å². The van der Waals surface area contributed by atoms with Gasteiger partial charge in [0.05, 0.1) is 0 Å². The molecule has 0 spiro atoms. The standard InChI is InChI=1S/2C20H21.C8H10O.CH2.Zr/c2*1-14-12-16-6-5-7-18(19(16)13-14)15-8-10-17(11-9-15)20(2,3)4;1-6-4-3-5-7(2)8(6)9;;/h2*5-13H,1-4H3;3-5,9H,1-2H3;1H2;/q2*-1;;;+2. The van der Waals surface area contributed by atoms with Crippen molar-refractivity contribution in [3.8, 4) is 28.0 Å². The topological polar surface area (TPSA) is 20.2 Å². The van der Waals surface area contributed by atoms with Crippen molar-refractivity contribution in [2.75, 3.05) is 0 Å². The van der Waals surface area contributed by atoms with E-state index < -0.39 is 0 Å². The number of phenolic OH excluding ortho intramolecular Hbond substituents is 1. The quantitative estimate of drug-likeness (QED) is 0.175. The van der Waals surface area contributed by atoms with E-state index in [9.17, 15) is 5.11 Å². The average molecular weight is 750 g/mol. The van der Waals surface area contributed by atoms with Gasteiger partial charge in [0.1, 0.15) is 5.75 Å². The number of aromatic hydroxyl groups is 1. The molecule has 0 heterocycles. The van der Waals surface area contributed by atoms with Crippen molar-refractivity contribution >= 4 is 25.8 Å². The van der Waals surface area contributed by atoms with E-state index in [4.69, 9.17) is 0 Å². The molecule has 7 aromatic carbocycles. The second-order valence-electron chi connectivity index (χ2n) is 15.6. The van der Waals surface area contributed by atoms with Gasteiger partial charge in [-0.05, 0) is 58.1 Å². The Morgan fingerprint density at radius 1 is 0.490 bits per heavy atom. The molecule has 0 aliphatic heterocycles. The van der Waals surface area contributed by atoms with Crippen molar-refractivity contribution in [2.45, 2.75) is 80.1 Å². The number of hydrogen-bond acceptors (Lipinski definition) is 1. The molecule has 0 aromatic heterocycles. The van der Waals surface area contributed by atoms with E-state index in [1.54, 1.807) is 0 Å². The van der Waals surface area contributed by atoms with Crippen LogP contribution in [-0.2, 0) is 35.1 Å². The maximum absolute atomic E-state index is 9.21. The van der Waals surface area contributed by atoms with Gasteiger partial charge in [-0.3, -0.25) is 0 Å². The van der Waals surface area contributed by atoms with Crippen LogP contribution in [-0.4, -0.2) is 9.32 Å². The number of para-hydroxylation sites is 1. The van der Waals surface area contributed by atoms with Crippen LogP contribution in [0.2, 0.25) is 0 Å². The zero-order valence-corrected chi connectivity index (χ0v) is 34.7. The molecule has 51 heavy (non-hydrogen) atoms. The van der Waals surface area contributed by atoms with Crippen molar-refractivity contribution in [1.82, 2.24) is 0 Å². The number of fused-ring (bicyclic) bond motifs is 2. The number of phenols is 1. The maximum atomic E-state index is 9.21. The van der Waals surface area contributed by atoms with Crippen molar-refractivity contribution in [1.29, 1.82) is 0 Å². The zero-order chi connectivity index (χ0) is 37.5. The third-order valence-electron chi connectivity index (χ3n) is 9.35. The van der Waals surface area contributed by atoms with Gasteiger partial charge in [0, 0.05) is 0 Å².